The van der Waals surface area contributed by atoms with E-state index in [-0.39, 0.29) is 17.9 Å². The fourth-order valence-corrected chi connectivity index (χ4v) is 2.54. The van der Waals surface area contributed by atoms with Crippen molar-refractivity contribution in [3.63, 3.8) is 0 Å². The average molecular weight is 238 g/mol. The van der Waals surface area contributed by atoms with Crippen LogP contribution in [0.25, 0.3) is 0 Å². The smallest absolute Gasteiger partial charge is 0.227 e. The molecular weight excluding hydrogens is 216 g/mol. The monoisotopic (exact) mass is 238 g/mol. The zero-order valence-electron chi connectivity index (χ0n) is 10.5. The molecule has 0 aromatic rings. The van der Waals surface area contributed by atoms with Crippen molar-refractivity contribution in [1.29, 1.82) is 0 Å². The Balaban J connectivity index is 1.69. The topological polar surface area (TPSA) is 50.4 Å². The summed E-state index contributed by atoms with van der Waals surface area (Å²) in [6.45, 7) is 1.94. The first kappa shape index (κ1) is 12.6. The molecule has 1 aliphatic carbocycles. The minimum absolute atomic E-state index is 0.0300. The molecule has 1 aliphatic heterocycles. The normalized spacial score (nSPS) is 28.2. The van der Waals surface area contributed by atoms with Crippen molar-refractivity contribution in [2.45, 2.75) is 31.7 Å². The van der Waals surface area contributed by atoms with Gasteiger partial charge in [0.15, 0.2) is 0 Å². The largest absolute Gasteiger partial charge is 0.379 e. The van der Waals surface area contributed by atoms with E-state index in [0.29, 0.717) is 13.2 Å². The summed E-state index contributed by atoms with van der Waals surface area (Å²) in [4.78, 5) is 11.9. The maximum atomic E-state index is 11.9. The molecule has 1 heterocycles. The lowest BCUT2D eigenvalue weighted by Crippen LogP contribution is -2.42. The third kappa shape index (κ3) is 3.30. The number of rotatable bonds is 5. The van der Waals surface area contributed by atoms with Gasteiger partial charge in [0.05, 0.1) is 19.1 Å². The molecule has 0 radical (unpaired) electrons. The summed E-state index contributed by atoms with van der Waals surface area (Å²) in [6, 6.07) is 0.167. The molecule has 4 nitrogen and oxygen atoms in total. The molecule has 4 heteroatoms. The Kier molecular flexibility index (Phi) is 4.57. The van der Waals surface area contributed by atoms with E-state index >= 15 is 0 Å². The summed E-state index contributed by atoms with van der Waals surface area (Å²) in [6.07, 6.45) is 7.01. The van der Waals surface area contributed by atoms with Crippen molar-refractivity contribution in [2.75, 3.05) is 26.8 Å². The second kappa shape index (κ2) is 6.17. The SMILES string of the molecule is CNC1COCC1C(=O)NCCC1=CCCC1. The van der Waals surface area contributed by atoms with E-state index in [9.17, 15) is 4.79 Å². The summed E-state index contributed by atoms with van der Waals surface area (Å²) in [5, 5.41) is 6.15. The first-order chi connectivity index (χ1) is 8.31. The van der Waals surface area contributed by atoms with Crippen molar-refractivity contribution in [3.05, 3.63) is 11.6 Å². The van der Waals surface area contributed by atoms with Crippen molar-refractivity contribution in [1.82, 2.24) is 10.6 Å². The van der Waals surface area contributed by atoms with Gasteiger partial charge in [0.2, 0.25) is 5.91 Å². The molecule has 1 amide bonds. The number of likely N-dealkylation sites (N-methyl/N-ethyl adjacent to an activating group) is 1. The molecule has 0 aromatic carbocycles. The van der Waals surface area contributed by atoms with E-state index in [4.69, 9.17) is 4.74 Å². The summed E-state index contributed by atoms with van der Waals surface area (Å²) >= 11 is 0. The number of allylic oxidation sites excluding steroid dienone is 1. The molecule has 2 aliphatic rings. The van der Waals surface area contributed by atoms with Crippen LogP contribution in [0.1, 0.15) is 25.7 Å². The van der Waals surface area contributed by atoms with Gasteiger partial charge in [0, 0.05) is 12.6 Å². The highest BCUT2D eigenvalue weighted by atomic mass is 16.5. The van der Waals surface area contributed by atoms with E-state index in [0.717, 1.165) is 13.0 Å². The molecular formula is C13H22N2O2. The molecule has 17 heavy (non-hydrogen) atoms. The maximum Gasteiger partial charge on any atom is 0.227 e. The van der Waals surface area contributed by atoms with Gasteiger partial charge in [-0.15, -0.1) is 0 Å². The van der Waals surface area contributed by atoms with Gasteiger partial charge in [-0.1, -0.05) is 11.6 Å². The second-order valence-corrected chi connectivity index (χ2v) is 4.83. The van der Waals surface area contributed by atoms with Gasteiger partial charge < -0.3 is 15.4 Å². The Labute approximate surface area is 103 Å². The fraction of sp³-hybridized carbons (Fsp3) is 0.769. The van der Waals surface area contributed by atoms with Crippen molar-refractivity contribution in [2.24, 2.45) is 5.92 Å². The summed E-state index contributed by atoms with van der Waals surface area (Å²) < 4.78 is 5.33. The summed E-state index contributed by atoms with van der Waals surface area (Å²) in [5.74, 6) is 0.0954. The first-order valence-corrected chi connectivity index (χ1v) is 6.52. The van der Waals surface area contributed by atoms with Crippen LogP contribution >= 0.6 is 0 Å². The van der Waals surface area contributed by atoms with Gasteiger partial charge in [-0.05, 0) is 32.7 Å². The van der Waals surface area contributed by atoms with Crippen LogP contribution in [0.4, 0.5) is 0 Å². The number of carbonyl (C=O) groups excluding carboxylic acids is 1. The molecule has 0 aromatic heterocycles. The highest BCUT2D eigenvalue weighted by Gasteiger charge is 2.32. The molecule has 0 bridgehead atoms. The van der Waals surface area contributed by atoms with Crippen LogP contribution in [0.3, 0.4) is 0 Å². The zero-order valence-corrected chi connectivity index (χ0v) is 10.5. The predicted octanol–water partition coefficient (Wildman–Crippen LogP) is 0.837. The van der Waals surface area contributed by atoms with Crippen LogP contribution in [-0.4, -0.2) is 38.8 Å². The minimum Gasteiger partial charge on any atom is -0.379 e. The van der Waals surface area contributed by atoms with Gasteiger partial charge in [-0.3, -0.25) is 4.79 Å². The van der Waals surface area contributed by atoms with Gasteiger partial charge in [-0.25, -0.2) is 0 Å². The Hall–Kier alpha value is -0.870. The number of hydrogen-bond acceptors (Lipinski definition) is 3. The molecule has 0 spiro atoms. The molecule has 2 atom stereocenters. The quantitative estimate of drug-likeness (QED) is 0.698. The molecule has 0 saturated carbocycles. The van der Waals surface area contributed by atoms with Gasteiger partial charge in [0.1, 0.15) is 0 Å². The summed E-state index contributed by atoms with van der Waals surface area (Å²) in [7, 11) is 1.88. The summed E-state index contributed by atoms with van der Waals surface area (Å²) in [5.41, 5.74) is 1.50. The highest BCUT2D eigenvalue weighted by Crippen LogP contribution is 2.20. The molecule has 2 unspecified atom stereocenters. The third-order valence-electron chi connectivity index (χ3n) is 3.67. The zero-order chi connectivity index (χ0) is 12.1. The lowest BCUT2D eigenvalue weighted by atomic mass is 10.0. The van der Waals surface area contributed by atoms with Crippen LogP contribution in [0, 0.1) is 5.92 Å². The fourth-order valence-electron chi connectivity index (χ4n) is 2.54. The molecule has 1 saturated heterocycles. The predicted molar refractivity (Wildman–Crippen MR) is 66.7 cm³/mol. The first-order valence-electron chi connectivity index (χ1n) is 6.52. The Morgan fingerprint density at radius 1 is 1.53 bits per heavy atom. The average Bonchev–Trinajstić information content (AvgIpc) is 2.99. The lowest BCUT2D eigenvalue weighted by Gasteiger charge is -2.16. The van der Waals surface area contributed by atoms with Crippen LogP contribution in [0.15, 0.2) is 11.6 Å². The van der Waals surface area contributed by atoms with E-state index in [1.807, 2.05) is 7.05 Å². The Bertz CT molecular complexity index is 302. The van der Waals surface area contributed by atoms with Crippen LogP contribution in [-0.2, 0) is 9.53 Å². The lowest BCUT2D eigenvalue weighted by molar-refractivity contribution is -0.125. The molecule has 2 N–H and O–H groups in total. The van der Waals surface area contributed by atoms with Gasteiger partial charge >= 0.3 is 0 Å². The number of nitrogens with one attached hydrogen (secondary N) is 2. The van der Waals surface area contributed by atoms with Crippen LogP contribution < -0.4 is 10.6 Å². The molecule has 96 valence electrons. The number of ether oxygens (including phenoxy) is 1. The van der Waals surface area contributed by atoms with Crippen LogP contribution in [0.5, 0.6) is 0 Å². The molecule has 2 rings (SSSR count). The van der Waals surface area contributed by atoms with Crippen molar-refractivity contribution in [3.8, 4) is 0 Å². The second-order valence-electron chi connectivity index (χ2n) is 4.83. The van der Waals surface area contributed by atoms with E-state index in [1.54, 1.807) is 0 Å². The van der Waals surface area contributed by atoms with E-state index in [2.05, 4.69) is 16.7 Å². The number of carbonyl (C=O) groups is 1. The van der Waals surface area contributed by atoms with E-state index in [1.165, 1.54) is 24.8 Å². The van der Waals surface area contributed by atoms with Crippen LogP contribution in [0.2, 0.25) is 0 Å². The number of hydrogen-bond donors (Lipinski definition) is 2. The van der Waals surface area contributed by atoms with Gasteiger partial charge in [0.25, 0.3) is 0 Å². The maximum absolute atomic E-state index is 11.9. The van der Waals surface area contributed by atoms with Gasteiger partial charge in [-0.2, -0.15) is 0 Å². The highest BCUT2D eigenvalue weighted by molar-refractivity contribution is 5.79. The van der Waals surface area contributed by atoms with Crippen molar-refractivity contribution >= 4 is 5.91 Å². The Morgan fingerprint density at radius 3 is 3.12 bits per heavy atom. The number of amides is 1. The van der Waals surface area contributed by atoms with Crippen molar-refractivity contribution < 1.29 is 9.53 Å². The molecule has 1 fully saturated rings. The minimum atomic E-state index is -0.0300. The third-order valence-corrected chi connectivity index (χ3v) is 3.67. The van der Waals surface area contributed by atoms with E-state index < -0.39 is 0 Å². The Morgan fingerprint density at radius 2 is 2.41 bits per heavy atom. The standard InChI is InChI=1S/C13H22N2O2/c1-14-12-9-17-8-11(12)13(16)15-7-6-10-4-2-3-5-10/h4,11-12,14H,2-3,5-9H2,1H3,(H,15,16).